The molecular weight excluding hydrogens is 364 g/mol. The number of likely N-dealkylation sites (N-methyl/N-ethyl adjacent to an activating group) is 1. The number of fused-ring (bicyclic) bond motifs is 1. The number of anilines is 2. The molecule has 1 unspecified atom stereocenters. The standard InChI is InChI=1S/C19H22N4O5/c1-3-4-9-23-15(20)14(16(24)21-19(23)27)22(2)17(25)13-10-11-7-5-6-8-12(11)18(26)28-13/h5-8,13H,3-4,9-10,20H2,1-2H3,(H,21,24,27). The maximum atomic E-state index is 12.9. The Labute approximate surface area is 160 Å². The van der Waals surface area contributed by atoms with Crippen molar-refractivity contribution in [3.63, 3.8) is 0 Å². The minimum Gasteiger partial charge on any atom is -0.448 e. The predicted octanol–water partition coefficient (Wildman–Crippen LogP) is 0.663. The molecule has 9 nitrogen and oxygen atoms in total. The van der Waals surface area contributed by atoms with Crippen LogP contribution in [0.2, 0.25) is 0 Å². The van der Waals surface area contributed by atoms with Crippen molar-refractivity contribution in [2.45, 2.75) is 38.8 Å². The third-order valence-corrected chi connectivity index (χ3v) is 4.78. The Morgan fingerprint density at radius 3 is 2.75 bits per heavy atom. The van der Waals surface area contributed by atoms with Crippen molar-refractivity contribution in [2.75, 3.05) is 17.7 Å². The zero-order chi connectivity index (χ0) is 20.4. The van der Waals surface area contributed by atoms with Gasteiger partial charge in [0.25, 0.3) is 11.5 Å². The number of nitrogens with one attached hydrogen (secondary N) is 1. The van der Waals surface area contributed by atoms with E-state index in [2.05, 4.69) is 4.98 Å². The maximum absolute atomic E-state index is 12.9. The van der Waals surface area contributed by atoms with E-state index in [0.717, 1.165) is 11.3 Å². The van der Waals surface area contributed by atoms with Crippen LogP contribution in [0.5, 0.6) is 0 Å². The fraction of sp³-hybridized carbons (Fsp3) is 0.368. The fourth-order valence-corrected chi connectivity index (χ4v) is 3.24. The topological polar surface area (TPSA) is 127 Å². The lowest BCUT2D eigenvalue weighted by Crippen LogP contribution is -2.46. The Morgan fingerprint density at radius 1 is 1.32 bits per heavy atom. The van der Waals surface area contributed by atoms with Gasteiger partial charge in [-0.15, -0.1) is 0 Å². The monoisotopic (exact) mass is 386 g/mol. The van der Waals surface area contributed by atoms with E-state index in [9.17, 15) is 19.2 Å². The summed E-state index contributed by atoms with van der Waals surface area (Å²) in [4.78, 5) is 52.7. The second-order valence-electron chi connectivity index (χ2n) is 6.65. The van der Waals surface area contributed by atoms with Crippen LogP contribution in [0.3, 0.4) is 0 Å². The number of hydrogen-bond donors (Lipinski definition) is 2. The number of hydrogen-bond acceptors (Lipinski definition) is 6. The predicted molar refractivity (Wildman–Crippen MR) is 103 cm³/mol. The molecular formula is C19H22N4O5. The van der Waals surface area contributed by atoms with Gasteiger partial charge in [-0.1, -0.05) is 31.5 Å². The van der Waals surface area contributed by atoms with Crippen LogP contribution in [0, 0.1) is 0 Å². The van der Waals surface area contributed by atoms with Gasteiger partial charge in [0.2, 0.25) is 0 Å². The number of nitrogen functional groups attached to an aromatic ring is 1. The molecule has 1 aromatic carbocycles. The zero-order valence-corrected chi connectivity index (χ0v) is 15.7. The number of nitrogens with two attached hydrogens (primary N) is 1. The summed E-state index contributed by atoms with van der Waals surface area (Å²) >= 11 is 0. The van der Waals surface area contributed by atoms with Gasteiger partial charge in [-0.05, 0) is 18.1 Å². The highest BCUT2D eigenvalue weighted by Gasteiger charge is 2.34. The number of aromatic amines is 1. The summed E-state index contributed by atoms with van der Waals surface area (Å²) in [6, 6.07) is 6.87. The zero-order valence-electron chi connectivity index (χ0n) is 15.7. The first-order valence-electron chi connectivity index (χ1n) is 9.04. The molecule has 0 aliphatic carbocycles. The Morgan fingerprint density at radius 2 is 2.04 bits per heavy atom. The van der Waals surface area contributed by atoms with Crippen molar-refractivity contribution in [1.82, 2.24) is 9.55 Å². The van der Waals surface area contributed by atoms with Crippen LogP contribution in [-0.4, -0.2) is 34.6 Å². The summed E-state index contributed by atoms with van der Waals surface area (Å²) < 4.78 is 6.49. The van der Waals surface area contributed by atoms with E-state index >= 15 is 0 Å². The number of unbranched alkanes of at least 4 members (excludes halogenated alkanes) is 1. The summed E-state index contributed by atoms with van der Waals surface area (Å²) in [7, 11) is 1.37. The van der Waals surface area contributed by atoms with Crippen LogP contribution in [-0.2, 0) is 22.5 Å². The third-order valence-electron chi connectivity index (χ3n) is 4.78. The van der Waals surface area contributed by atoms with Crippen LogP contribution in [0.25, 0.3) is 0 Å². The van der Waals surface area contributed by atoms with Crippen LogP contribution in [0.1, 0.15) is 35.7 Å². The number of amides is 1. The van der Waals surface area contributed by atoms with Crippen LogP contribution >= 0.6 is 0 Å². The summed E-state index contributed by atoms with van der Waals surface area (Å²) in [6.45, 7) is 2.28. The minimum absolute atomic E-state index is 0.0967. The van der Waals surface area contributed by atoms with Gasteiger partial charge in [0, 0.05) is 20.0 Å². The van der Waals surface area contributed by atoms with E-state index in [4.69, 9.17) is 10.5 Å². The van der Waals surface area contributed by atoms with Gasteiger partial charge >= 0.3 is 11.7 Å². The number of nitrogens with zero attached hydrogens (tertiary/aromatic N) is 2. The molecule has 1 aliphatic rings. The molecule has 2 aromatic rings. The molecule has 9 heteroatoms. The number of esters is 1. The number of aromatic nitrogens is 2. The summed E-state index contributed by atoms with van der Waals surface area (Å²) in [5.74, 6) is -1.29. The largest absolute Gasteiger partial charge is 0.448 e. The molecule has 1 aliphatic heterocycles. The molecule has 1 amide bonds. The van der Waals surface area contributed by atoms with Crippen molar-refractivity contribution in [1.29, 1.82) is 0 Å². The van der Waals surface area contributed by atoms with E-state index in [-0.39, 0.29) is 17.9 Å². The number of carbonyl (C=O) groups is 2. The van der Waals surface area contributed by atoms with Gasteiger partial charge in [-0.25, -0.2) is 9.59 Å². The Bertz CT molecular complexity index is 1040. The third kappa shape index (κ3) is 3.42. The molecule has 1 atom stereocenters. The van der Waals surface area contributed by atoms with Crippen molar-refractivity contribution in [3.05, 3.63) is 56.2 Å². The molecule has 0 saturated carbocycles. The van der Waals surface area contributed by atoms with Crippen molar-refractivity contribution in [3.8, 4) is 0 Å². The molecule has 1 aromatic heterocycles. The Balaban J connectivity index is 1.93. The highest BCUT2D eigenvalue weighted by atomic mass is 16.5. The molecule has 148 valence electrons. The number of rotatable bonds is 5. The molecule has 2 heterocycles. The molecule has 0 spiro atoms. The first-order chi connectivity index (χ1) is 13.3. The number of benzene rings is 1. The quantitative estimate of drug-likeness (QED) is 0.727. The normalized spacial score (nSPS) is 15.6. The van der Waals surface area contributed by atoms with Crippen LogP contribution in [0.4, 0.5) is 11.5 Å². The van der Waals surface area contributed by atoms with Gasteiger partial charge < -0.3 is 15.4 Å². The van der Waals surface area contributed by atoms with Gasteiger partial charge in [-0.2, -0.15) is 0 Å². The number of carbonyl (C=O) groups excluding carboxylic acids is 2. The van der Waals surface area contributed by atoms with Gasteiger partial charge in [0.1, 0.15) is 5.82 Å². The number of cyclic esters (lactones) is 1. The van der Waals surface area contributed by atoms with E-state index < -0.39 is 29.2 Å². The van der Waals surface area contributed by atoms with Crippen molar-refractivity contribution < 1.29 is 14.3 Å². The lowest BCUT2D eigenvalue weighted by molar-refractivity contribution is -0.127. The van der Waals surface area contributed by atoms with Crippen molar-refractivity contribution in [2.24, 2.45) is 0 Å². The van der Waals surface area contributed by atoms with Crippen LogP contribution in [0.15, 0.2) is 33.9 Å². The molecule has 0 radical (unpaired) electrons. The fourth-order valence-electron chi connectivity index (χ4n) is 3.24. The average Bonchev–Trinajstić information content (AvgIpc) is 2.67. The molecule has 28 heavy (non-hydrogen) atoms. The minimum atomic E-state index is -1.08. The van der Waals surface area contributed by atoms with Gasteiger partial charge in [-0.3, -0.25) is 19.1 Å². The van der Waals surface area contributed by atoms with E-state index in [0.29, 0.717) is 24.1 Å². The summed E-state index contributed by atoms with van der Waals surface area (Å²) in [5.41, 5.74) is 5.61. The number of H-pyrrole nitrogens is 1. The molecule has 3 rings (SSSR count). The Kier molecular flexibility index (Phi) is 5.34. The van der Waals surface area contributed by atoms with Crippen molar-refractivity contribution >= 4 is 23.4 Å². The average molecular weight is 386 g/mol. The molecule has 0 saturated heterocycles. The van der Waals surface area contributed by atoms with E-state index in [1.54, 1.807) is 24.3 Å². The van der Waals surface area contributed by atoms with Gasteiger partial charge in [0.15, 0.2) is 11.8 Å². The van der Waals surface area contributed by atoms with Gasteiger partial charge in [0.05, 0.1) is 5.56 Å². The maximum Gasteiger partial charge on any atom is 0.339 e. The molecule has 3 N–H and O–H groups in total. The highest BCUT2D eigenvalue weighted by Crippen LogP contribution is 2.24. The lowest BCUT2D eigenvalue weighted by Gasteiger charge is -2.28. The first kappa shape index (κ1) is 19.4. The SMILES string of the molecule is CCCCn1c(N)c(N(C)C(=O)C2Cc3ccccc3C(=O)O2)c(=O)[nH]c1=O. The van der Waals surface area contributed by atoms with Crippen LogP contribution < -0.4 is 21.9 Å². The summed E-state index contributed by atoms with van der Waals surface area (Å²) in [5, 5.41) is 0. The lowest BCUT2D eigenvalue weighted by atomic mass is 9.98. The molecule has 0 bridgehead atoms. The number of ether oxygens (including phenoxy) is 1. The molecule has 0 fully saturated rings. The second kappa shape index (κ2) is 7.71. The van der Waals surface area contributed by atoms with E-state index in [1.807, 2.05) is 6.92 Å². The highest BCUT2D eigenvalue weighted by molar-refractivity contribution is 6.02. The smallest absolute Gasteiger partial charge is 0.339 e. The second-order valence-corrected chi connectivity index (χ2v) is 6.65. The first-order valence-corrected chi connectivity index (χ1v) is 9.04. The van der Waals surface area contributed by atoms with E-state index in [1.165, 1.54) is 11.6 Å². The Hall–Kier alpha value is -3.36. The summed E-state index contributed by atoms with van der Waals surface area (Å²) in [6.07, 6.45) is 0.622.